The average Bonchev–Trinajstić information content (AvgIpc) is 2.74. The van der Waals surface area contributed by atoms with Crippen molar-refractivity contribution < 1.29 is 8.42 Å². The fourth-order valence-corrected chi connectivity index (χ4v) is 6.21. The molecule has 0 bridgehead atoms. The van der Waals surface area contributed by atoms with Gasteiger partial charge < -0.3 is 4.90 Å². The summed E-state index contributed by atoms with van der Waals surface area (Å²) in [5.74, 6) is 1.65. The number of fused-ring (bicyclic) bond motifs is 1. The lowest BCUT2D eigenvalue weighted by atomic mass is 10.0. The lowest BCUT2D eigenvalue weighted by Gasteiger charge is -2.42. The molecule has 4 rings (SSSR count). The molecule has 1 fully saturated rings. The maximum absolute atomic E-state index is 12.8. The number of anilines is 1. The second kappa shape index (κ2) is 7.17. The Labute approximate surface area is 166 Å². The largest absolute Gasteiger partial charge is 0.353 e. The van der Waals surface area contributed by atoms with Gasteiger partial charge in [0.15, 0.2) is 15.7 Å². The van der Waals surface area contributed by atoms with Crippen molar-refractivity contribution in [1.82, 2.24) is 9.97 Å². The molecule has 28 heavy (non-hydrogen) atoms. The highest BCUT2D eigenvalue weighted by Gasteiger charge is 2.45. The number of hydrogen-bond donors (Lipinski definition) is 0. The third-order valence-corrected chi connectivity index (χ3v) is 8.72. The van der Waals surface area contributed by atoms with Gasteiger partial charge in [-0.15, -0.1) is 0 Å². The minimum Gasteiger partial charge on any atom is -0.353 e. The van der Waals surface area contributed by atoms with Crippen LogP contribution >= 0.6 is 0 Å². The number of rotatable bonds is 4. The topological polar surface area (TPSA) is 63.2 Å². The van der Waals surface area contributed by atoms with E-state index in [1.54, 1.807) is 0 Å². The quantitative estimate of drug-likeness (QED) is 0.666. The Morgan fingerprint density at radius 2 is 1.64 bits per heavy atom. The molecule has 5 nitrogen and oxygen atoms in total. The SMILES string of the molecule is CCC1(CC)CN(c2nc(-c3ccccc3)nc3ccccc23)CCS1(=O)=O. The molecule has 1 saturated heterocycles. The van der Waals surface area contributed by atoms with Gasteiger partial charge in [0.1, 0.15) is 5.82 Å². The Morgan fingerprint density at radius 3 is 2.36 bits per heavy atom. The summed E-state index contributed by atoms with van der Waals surface area (Å²) in [6.45, 7) is 4.87. The van der Waals surface area contributed by atoms with Crippen molar-refractivity contribution in [2.24, 2.45) is 0 Å². The van der Waals surface area contributed by atoms with Gasteiger partial charge in [-0.1, -0.05) is 56.3 Å². The first-order valence-corrected chi connectivity index (χ1v) is 11.4. The predicted octanol–water partition coefficient (Wildman–Crippen LogP) is 4.09. The van der Waals surface area contributed by atoms with Crippen LogP contribution in [0.5, 0.6) is 0 Å². The van der Waals surface area contributed by atoms with E-state index in [1.807, 2.05) is 68.4 Å². The Balaban J connectivity index is 1.86. The van der Waals surface area contributed by atoms with Gasteiger partial charge in [-0.25, -0.2) is 18.4 Å². The molecule has 0 saturated carbocycles. The predicted molar refractivity (Wildman–Crippen MR) is 114 cm³/mol. The zero-order valence-electron chi connectivity index (χ0n) is 16.3. The van der Waals surface area contributed by atoms with Crippen LogP contribution in [0.1, 0.15) is 26.7 Å². The number of para-hydroxylation sites is 1. The maximum Gasteiger partial charge on any atom is 0.162 e. The van der Waals surface area contributed by atoms with Gasteiger partial charge in [0.2, 0.25) is 0 Å². The minimum absolute atomic E-state index is 0.160. The van der Waals surface area contributed by atoms with E-state index in [2.05, 4.69) is 4.90 Å². The third kappa shape index (κ3) is 3.05. The zero-order chi connectivity index (χ0) is 19.8. The molecule has 0 amide bonds. The van der Waals surface area contributed by atoms with E-state index in [0.717, 1.165) is 22.3 Å². The molecule has 1 aliphatic heterocycles. The lowest BCUT2D eigenvalue weighted by molar-refractivity contribution is 0.458. The van der Waals surface area contributed by atoms with E-state index in [1.165, 1.54) is 0 Å². The standard InChI is InChI=1S/C22H25N3O2S/c1-3-22(4-2)16-25(14-15-28(22,26)27)21-18-12-8-9-13-19(18)23-20(24-21)17-10-6-5-7-11-17/h5-13H,3-4,14-16H2,1-2H3. The second-order valence-corrected chi connectivity index (χ2v) is 9.89. The molecule has 0 radical (unpaired) electrons. The molecule has 0 aliphatic carbocycles. The molecule has 2 heterocycles. The Hall–Kier alpha value is -2.47. The van der Waals surface area contributed by atoms with Crippen LogP contribution in [-0.4, -0.2) is 42.0 Å². The summed E-state index contributed by atoms with van der Waals surface area (Å²) < 4.78 is 25.0. The normalized spacial score (nSPS) is 18.3. The van der Waals surface area contributed by atoms with Crippen LogP contribution in [0.25, 0.3) is 22.3 Å². The highest BCUT2D eigenvalue weighted by molar-refractivity contribution is 7.92. The van der Waals surface area contributed by atoms with Crippen LogP contribution in [0.2, 0.25) is 0 Å². The Kier molecular flexibility index (Phi) is 4.83. The van der Waals surface area contributed by atoms with Crippen LogP contribution in [0.4, 0.5) is 5.82 Å². The average molecular weight is 396 g/mol. The molecule has 6 heteroatoms. The van der Waals surface area contributed by atoms with Gasteiger partial charge in [-0.3, -0.25) is 0 Å². The lowest BCUT2D eigenvalue weighted by Crippen LogP contribution is -2.56. The van der Waals surface area contributed by atoms with Gasteiger partial charge in [0.05, 0.1) is 16.0 Å². The van der Waals surface area contributed by atoms with Gasteiger partial charge in [0.25, 0.3) is 0 Å². The number of nitrogens with zero attached hydrogens (tertiary/aromatic N) is 3. The molecule has 0 N–H and O–H groups in total. The Bertz CT molecular complexity index is 1090. The fourth-order valence-electron chi connectivity index (χ4n) is 4.08. The van der Waals surface area contributed by atoms with E-state index in [0.29, 0.717) is 31.8 Å². The first kappa shape index (κ1) is 18.9. The smallest absolute Gasteiger partial charge is 0.162 e. The van der Waals surface area contributed by atoms with Crippen LogP contribution in [0.15, 0.2) is 54.6 Å². The summed E-state index contributed by atoms with van der Waals surface area (Å²) in [5.41, 5.74) is 1.83. The molecule has 3 aromatic rings. The van der Waals surface area contributed by atoms with Crippen molar-refractivity contribution in [2.75, 3.05) is 23.7 Å². The number of aromatic nitrogens is 2. The Morgan fingerprint density at radius 1 is 0.964 bits per heavy atom. The van der Waals surface area contributed by atoms with Crippen LogP contribution in [0.3, 0.4) is 0 Å². The van der Waals surface area contributed by atoms with Gasteiger partial charge in [-0.2, -0.15) is 0 Å². The van der Waals surface area contributed by atoms with Gasteiger partial charge in [0, 0.05) is 24.0 Å². The number of sulfone groups is 1. The van der Waals surface area contributed by atoms with Crippen molar-refractivity contribution >= 4 is 26.6 Å². The van der Waals surface area contributed by atoms with Crippen molar-refractivity contribution in [3.63, 3.8) is 0 Å². The monoisotopic (exact) mass is 395 g/mol. The van der Waals surface area contributed by atoms with E-state index in [9.17, 15) is 8.42 Å². The van der Waals surface area contributed by atoms with Crippen LogP contribution in [0, 0.1) is 0 Å². The van der Waals surface area contributed by atoms with Crippen molar-refractivity contribution in [3.05, 3.63) is 54.6 Å². The van der Waals surface area contributed by atoms with E-state index >= 15 is 0 Å². The molecule has 1 aliphatic rings. The molecule has 0 unspecified atom stereocenters. The summed E-state index contributed by atoms with van der Waals surface area (Å²) in [4.78, 5) is 11.8. The second-order valence-electron chi connectivity index (χ2n) is 7.38. The highest BCUT2D eigenvalue weighted by atomic mass is 32.2. The molecule has 146 valence electrons. The molecule has 1 aromatic heterocycles. The van der Waals surface area contributed by atoms with Crippen LogP contribution < -0.4 is 4.90 Å². The molecular weight excluding hydrogens is 370 g/mol. The fraction of sp³-hybridized carbons (Fsp3) is 0.364. The van der Waals surface area contributed by atoms with Gasteiger partial charge in [-0.05, 0) is 25.0 Å². The summed E-state index contributed by atoms with van der Waals surface area (Å²) in [6, 6.07) is 17.9. The summed E-state index contributed by atoms with van der Waals surface area (Å²) in [7, 11) is -3.13. The van der Waals surface area contributed by atoms with E-state index in [-0.39, 0.29) is 5.75 Å². The first-order valence-electron chi connectivity index (χ1n) is 9.79. The molecule has 0 spiro atoms. The number of hydrogen-bond acceptors (Lipinski definition) is 5. The zero-order valence-corrected chi connectivity index (χ0v) is 17.1. The molecular formula is C22H25N3O2S. The number of benzene rings is 2. The van der Waals surface area contributed by atoms with Crippen molar-refractivity contribution in [2.45, 2.75) is 31.4 Å². The van der Waals surface area contributed by atoms with Crippen molar-refractivity contribution in [3.8, 4) is 11.4 Å². The summed E-state index contributed by atoms with van der Waals surface area (Å²) >= 11 is 0. The maximum atomic E-state index is 12.8. The molecule has 0 atom stereocenters. The van der Waals surface area contributed by atoms with Gasteiger partial charge >= 0.3 is 0 Å². The molecule has 2 aromatic carbocycles. The summed E-state index contributed by atoms with van der Waals surface area (Å²) in [5, 5.41) is 0.961. The minimum atomic E-state index is -3.13. The van der Waals surface area contributed by atoms with E-state index in [4.69, 9.17) is 9.97 Å². The summed E-state index contributed by atoms with van der Waals surface area (Å²) in [6.07, 6.45) is 1.22. The highest BCUT2D eigenvalue weighted by Crippen LogP contribution is 2.36. The first-order chi connectivity index (χ1) is 13.5. The third-order valence-electron chi connectivity index (χ3n) is 5.97. The van der Waals surface area contributed by atoms with E-state index < -0.39 is 14.6 Å². The van der Waals surface area contributed by atoms with Crippen molar-refractivity contribution in [1.29, 1.82) is 0 Å². The van der Waals surface area contributed by atoms with Crippen LogP contribution in [-0.2, 0) is 9.84 Å².